The average molecular weight is 417 g/mol. The standard InChI is InChI=1S/C26H40O4/c1-25(29)12-10-20-19(14-25)8-9-22-21(20)11-13-26(2,23(22)15-27)24(16-28)30-17-18-6-4-3-5-7-18/h3-7,19-24,27-29H,8-17H2,1-2H3/t19?,20?,21-,22?,23+,24+,25-,26+/m1/s1. The van der Waals surface area contributed by atoms with Crippen molar-refractivity contribution >= 4 is 0 Å². The van der Waals surface area contributed by atoms with Gasteiger partial charge in [-0.1, -0.05) is 37.3 Å². The topological polar surface area (TPSA) is 69.9 Å². The Morgan fingerprint density at radius 3 is 2.40 bits per heavy atom. The normalized spacial score (nSPS) is 42.2. The number of ether oxygens (including phenoxy) is 1. The van der Waals surface area contributed by atoms with E-state index in [1.807, 2.05) is 25.1 Å². The number of fused-ring (bicyclic) bond motifs is 3. The van der Waals surface area contributed by atoms with E-state index in [-0.39, 0.29) is 30.7 Å². The second-order valence-corrected chi connectivity index (χ2v) is 10.9. The van der Waals surface area contributed by atoms with Gasteiger partial charge in [0, 0.05) is 12.0 Å². The van der Waals surface area contributed by atoms with Crippen molar-refractivity contribution in [2.75, 3.05) is 13.2 Å². The summed E-state index contributed by atoms with van der Waals surface area (Å²) in [4.78, 5) is 0. The lowest BCUT2D eigenvalue weighted by molar-refractivity contribution is -0.166. The van der Waals surface area contributed by atoms with Crippen molar-refractivity contribution in [1.82, 2.24) is 0 Å². The van der Waals surface area contributed by atoms with Gasteiger partial charge in [0.1, 0.15) is 0 Å². The van der Waals surface area contributed by atoms with Crippen LogP contribution in [0, 0.1) is 35.0 Å². The highest BCUT2D eigenvalue weighted by molar-refractivity contribution is 5.13. The SMILES string of the molecule is C[C@@]1(O)CCC2C(CCC3[C@@H]2CC[C@](C)([C@H](CO)OCc2ccccc2)[C@H]3CO)C1. The first-order valence-electron chi connectivity index (χ1n) is 12.0. The van der Waals surface area contributed by atoms with Crippen molar-refractivity contribution in [1.29, 1.82) is 0 Å². The van der Waals surface area contributed by atoms with Crippen LogP contribution < -0.4 is 0 Å². The molecule has 3 unspecified atom stereocenters. The molecule has 0 saturated heterocycles. The third-order valence-electron chi connectivity index (χ3n) is 9.07. The number of rotatable bonds is 6. The lowest BCUT2D eigenvalue weighted by atomic mass is 9.48. The highest BCUT2D eigenvalue weighted by atomic mass is 16.5. The van der Waals surface area contributed by atoms with Crippen LogP contribution in [0.15, 0.2) is 30.3 Å². The summed E-state index contributed by atoms with van der Waals surface area (Å²) in [6, 6.07) is 10.1. The minimum atomic E-state index is -0.499. The number of benzene rings is 1. The van der Waals surface area contributed by atoms with Crippen molar-refractivity contribution in [3.05, 3.63) is 35.9 Å². The fourth-order valence-electron chi connectivity index (χ4n) is 7.40. The van der Waals surface area contributed by atoms with Gasteiger partial charge in [-0.25, -0.2) is 0 Å². The monoisotopic (exact) mass is 416 g/mol. The van der Waals surface area contributed by atoms with Crippen molar-refractivity contribution < 1.29 is 20.1 Å². The molecule has 0 aliphatic heterocycles. The van der Waals surface area contributed by atoms with Gasteiger partial charge in [-0.2, -0.15) is 0 Å². The Kier molecular flexibility index (Phi) is 6.60. The molecule has 0 spiro atoms. The van der Waals surface area contributed by atoms with Crippen LogP contribution in [0.5, 0.6) is 0 Å². The molecule has 0 bridgehead atoms. The Morgan fingerprint density at radius 2 is 1.70 bits per heavy atom. The largest absolute Gasteiger partial charge is 0.396 e. The van der Waals surface area contributed by atoms with Crippen LogP contribution in [0.2, 0.25) is 0 Å². The molecule has 0 amide bonds. The van der Waals surface area contributed by atoms with Crippen LogP contribution in [0.3, 0.4) is 0 Å². The van der Waals surface area contributed by atoms with Gasteiger partial charge >= 0.3 is 0 Å². The van der Waals surface area contributed by atoms with E-state index in [0.717, 1.165) is 50.5 Å². The van der Waals surface area contributed by atoms with Crippen molar-refractivity contribution in [3.8, 4) is 0 Å². The molecule has 3 fully saturated rings. The van der Waals surface area contributed by atoms with E-state index in [4.69, 9.17) is 4.74 Å². The van der Waals surface area contributed by atoms with Crippen LogP contribution >= 0.6 is 0 Å². The number of aliphatic hydroxyl groups is 3. The lowest BCUT2D eigenvalue weighted by Gasteiger charge is -2.58. The zero-order chi connectivity index (χ0) is 21.4. The van der Waals surface area contributed by atoms with Crippen molar-refractivity contribution in [3.63, 3.8) is 0 Å². The maximum absolute atomic E-state index is 10.6. The third kappa shape index (κ3) is 4.21. The number of hydrogen-bond donors (Lipinski definition) is 3. The molecule has 4 rings (SSSR count). The highest BCUT2D eigenvalue weighted by Crippen LogP contribution is 2.59. The van der Waals surface area contributed by atoms with E-state index < -0.39 is 5.60 Å². The molecule has 1 aromatic rings. The fourth-order valence-corrected chi connectivity index (χ4v) is 7.40. The zero-order valence-electron chi connectivity index (χ0n) is 18.7. The van der Waals surface area contributed by atoms with Crippen molar-refractivity contribution in [2.24, 2.45) is 35.0 Å². The first-order chi connectivity index (χ1) is 14.4. The summed E-state index contributed by atoms with van der Waals surface area (Å²) in [7, 11) is 0. The Hall–Kier alpha value is -0.940. The summed E-state index contributed by atoms with van der Waals surface area (Å²) in [5.41, 5.74) is 0.399. The van der Waals surface area contributed by atoms with Crippen LogP contribution in [0.4, 0.5) is 0 Å². The van der Waals surface area contributed by atoms with E-state index in [0.29, 0.717) is 30.3 Å². The molecule has 3 aliphatic rings. The van der Waals surface area contributed by atoms with Gasteiger partial charge in [-0.05, 0) is 87.0 Å². The van der Waals surface area contributed by atoms with Crippen LogP contribution in [-0.2, 0) is 11.3 Å². The summed E-state index contributed by atoms with van der Waals surface area (Å²) in [6.45, 7) is 4.88. The van der Waals surface area contributed by atoms with Gasteiger partial charge in [0.15, 0.2) is 0 Å². The van der Waals surface area contributed by atoms with Gasteiger partial charge in [0.25, 0.3) is 0 Å². The molecular weight excluding hydrogens is 376 g/mol. The Bertz CT molecular complexity index is 690. The molecule has 168 valence electrons. The first-order valence-corrected chi connectivity index (χ1v) is 12.0. The second kappa shape index (κ2) is 8.90. The Morgan fingerprint density at radius 1 is 0.967 bits per heavy atom. The van der Waals surface area contributed by atoms with E-state index in [1.54, 1.807) is 0 Å². The van der Waals surface area contributed by atoms with Crippen LogP contribution in [0.1, 0.15) is 64.4 Å². The summed E-state index contributed by atoms with van der Waals surface area (Å²) in [5.74, 6) is 2.60. The molecule has 1 aromatic carbocycles. The third-order valence-corrected chi connectivity index (χ3v) is 9.07. The van der Waals surface area contributed by atoms with E-state index in [2.05, 4.69) is 19.1 Å². The summed E-state index contributed by atoms with van der Waals surface area (Å²) >= 11 is 0. The molecule has 4 nitrogen and oxygen atoms in total. The van der Waals surface area contributed by atoms with Gasteiger partial charge in [0.2, 0.25) is 0 Å². The van der Waals surface area contributed by atoms with E-state index in [9.17, 15) is 15.3 Å². The summed E-state index contributed by atoms with van der Waals surface area (Å²) in [5, 5.41) is 31.3. The quantitative estimate of drug-likeness (QED) is 0.651. The predicted molar refractivity (Wildman–Crippen MR) is 118 cm³/mol. The Balaban J connectivity index is 1.49. The maximum Gasteiger partial charge on any atom is 0.0867 e. The average Bonchev–Trinajstić information content (AvgIpc) is 2.73. The maximum atomic E-state index is 10.6. The predicted octanol–water partition coefficient (Wildman–Crippen LogP) is 4.17. The summed E-state index contributed by atoms with van der Waals surface area (Å²) in [6.07, 6.45) is 7.09. The lowest BCUT2D eigenvalue weighted by Crippen LogP contribution is -2.55. The van der Waals surface area contributed by atoms with E-state index >= 15 is 0 Å². The van der Waals surface area contributed by atoms with Gasteiger partial charge in [-0.3, -0.25) is 0 Å². The first kappa shape index (κ1) is 22.3. The molecular formula is C26H40O4. The molecule has 0 radical (unpaired) electrons. The van der Waals surface area contributed by atoms with Gasteiger partial charge in [-0.15, -0.1) is 0 Å². The smallest absolute Gasteiger partial charge is 0.0867 e. The molecule has 3 saturated carbocycles. The van der Waals surface area contributed by atoms with Crippen molar-refractivity contribution in [2.45, 2.75) is 77.1 Å². The number of hydrogen-bond acceptors (Lipinski definition) is 4. The molecule has 0 heterocycles. The fraction of sp³-hybridized carbons (Fsp3) is 0.769. The molecule has 4 heteroatoms. The van der Waals surface area contributed by atoms with Crippen LogP contribution in [0.25, 0.3) is 0 Å². The molecule has 30 heavy (non-hydrogen) atoms. The summed E-state index contributed by atoms with van der Waals surface area (Å²) < 4.78 is 6.27. The van der Waals surface area contributed by atoms with Gasteiger partial charge in [0.05, 0.1) is 24.9 Å². The molecule has 3 N–H and O–H groups in total. The minimum absolute atomic E-state index is 0.00780. The second-order valence-electron chi connectivity index (χ2n) is 10.9. The highest BCUT2D eigenvalue weighted by Gasteiger charge is 2.55. The molecule has 8 atom stereocenters. The minimum Gasteiger partial charge on any atom is -0.396 e. The van der Waals surface area contributed by atoms with E-state index in [1.165, 1.54) is 0 Å². The van der Waals surface area contributed by atoms with Crippen LogP contribution in [-0.4, -0.2) is 40.2 Å². The Labute approximate surface area is 181 Å². The number of aliphatic hydroxyl groups excluding tert-OH is 2. The molecule has 0 aromatic heterocycles. The van der Waals surface area contributed by atoms with Gasteiger partial charge < -0.3 is 20.1 Å². The molecule has 3 aliphatic carbocycles. The zero-order valence-corrected chi connectivity index (χ0v) is 18.7.